The van der Waals surface area contributed by atoms with E-state index < -0.39 is 5.41 Å². The number of rotatable bonds is 5. The third-order valence-corrected chi connectivity index (χ3v) is 6.21. The number of carbonyl (C=O) groups is 2. The Morgan fingerprint density at radius 1 is 1.19 bits per heavy atom. The van der Waals surface area contributed by atoms with E-state index in [0.717, 1.165) is 34.4 Å². The molecule has 6 nitrogen and oxygen atoms in total. The third kappa shape index (κ3) is 4.20. The normalized spacial score (nSPS) is 18.9. The van der Waals surface area contributed by atoms with Crippen molar-refractivity contribution in [3.8, 4) is 0 Å². The van der Waals surface area contributed by atoms with Gasteiger partial charge in [0.25, 0.3) is 5.91 Å². The number of nitrogens with zero attached hydrogens (tertiary/aromatic N) is 2. The molecule has 1 aliphatic heterocycles. The van der Waals surface area contributed by atoms with E-state index in [1.54, 1.807) is 0 Å². The van der Waals surface area contributed by atoms with Gasteiger partial charge >= 0.3 is 5.97 Å². The van der Waals surface area contributed by atoms with E-state index in [9.17, 15) is 9.59 Å². The minimum absolute atomic E-state index is 0.0627. The molecule has 1 atom stereocenters. The highest BCUT2D eigenvalue weighted by Gasteiger charge is 2.45. The lowest BCUT2D eigenvalue weighted by atomic mass is 9.74. The van der Waals surface area contributed by atoms with Gasteiger partial charge < -0.3 is 14.6 Å². The highest BCUT2D eigenvalue weighted by Crippen LogP contribution is 2.36. The summed E-state index contributed by atoms with van der Waals surface area (Å²) >= 11 is 0. The molecule has 1 amide bonds. The van der Waals surface area contributed by atoms with Crippen LogP contribution in [0.1, 0.15) is 47.1 Å². The highest BCUT2D eigenvalue weighted by molar-refractivity contribution is 5.97. The Bertz CT molecular complexity index is 1120. The van der Waals surface area contributed by atoms with Gasteiger partial charge in [0, 0.05) is 18.7 Å². The van der Waals surface area contributed by atoms with Gasteiger partial charge in [-0.3, -0.25) is 9.59 Å². The number of fused-ring (bicyclic) bond motifs is 1. The fourth-order valence-corrected chi connectivity index (χ4v) is 4.60. The number of likely N-dealkylation sites (tertiary alicyclic amines) is 1. The Balaban J connectivity index is 1.63. The number of piperidine rings is 1. The minimum atomic E-state index is -0.731. The molecule has 1 N–H and O–H groups in total. The first-order valence-electron chi connectivity index (χ1n) is 10.9. The van der Waals surface area contributed by atoms with E-state index in [1.165, 1.54) is 0 Å². The zero-order chi connectivity index (χ0) is 22.0. The van der Waals surface area contributed by atoms with E-state index in [1.807, 2.05) is 49.1 Å². The molecule has 0 bridgehead atoms. The molecule has 0 aliphatic carbocycles. The number of imidazole rings is 1. The molecular formula is C25H29N3O3. The van der Waals surface area contributed by atoms with Crippen molar-refractivity contribution in [2.45, 2.75) is 40.0 Å². The predicted molar refractivity (Wildman–Crippen MR) is 120 cm³/mol. The largest absolute Gasteiger partial charge is 0.466 e. The number of H-pyrrole nitrogens is 1. The molecule has 1 aliphatic rings. The lowest BCUT2D eigenvalue weighted by Gasteiger charge is -2.41. The van der Waals surface area contributed by atoms with Crippen LogP contribution < -0.4 is 0 Å². The molecule has 0 radical (unpaired) electrons. The van der Waals surface area contributed by atoms with Gasteiger partial charge in [0.05, 0.1) is 23.1 Å². The van der Waals surface area contributed by atoms with Gasteiger partial charge in [-0.15, -0.1) is 0 Å². The van der Waals surface area contributed by atoms with E-state index in [4.69, 9.17) is 4.74 Å². The molecule has 2 aromatic carbocycles. The monoisotopic (exact) mass is 419 g/mol. The van der Waals surface area contributed by atoms with Crippen molar-refractivity contribution in [1.82, 2.24) is 14.9 Å². The van der Waals surface area contributed by atoms with Gasteiger partial charge in [0.1, 0.15) is 5.82 Å². The van der Waals surface area contributed by atoms with Crippen molar-refractivity contribution in [2.24, 2.45) is 5.41 Å². The second kappa shape index (κ2) is 8.53. The summed E-state index contributed by atoms with van der Waals surface area (Å²) in [4.78, 5) is 35.9. The maximum atomic E-state index is 13.4. The van der Waals surface area contributed by atoms with E-state index in [-0.39, 0.29) is 11.9 Å². The lowest BCUT2D eigenvalue weighted by Crippen LogP contribution is -2.51. The number of aromatic amines is 1. The van der Waals surface area contributed by atoms with Gasteiger partial charge in [-0.25, -0.2) is 4.98 Å². The molecule has 1 unspecified atom stereocenters. The van der Waals surface area contributed by atoms with Crippen LogP contribution in [0, 0.1) is 19.3 Å². The topological polar surface area (TPSA) is 75.3 Å². The summed E-state index contributed by atoms with van der Waals surface area (Å²) in [5.74, 6) is 0.542. The number of hydrogen-bond donors (Lipinski definition) is 1. The summed E-state index contributed by atoms with van der Waals surface area (Å²) < 4.78 is 5.50. The smallest absolute Gasteiger partial charge is 0.314 e. The second-order valence-corrected chi connectivity index (χ2v) is 8.49. The number of nitrogens with one attached hydrogen (secondary N) is 1. The highest BCUT2D eigenvalue weighted by atomic mass is 16.5. The first-order valence-corrected chi connectivity index (χ1v) is 10.9. The van der Waals surface area contributed by atoms with E-state index in [0.29, 0.717) is 38.1 Å². The summed E-state index contributed by atoms with van der Waals surface area (Å²) in [5, 5.41) is 0. The molecule has 6 heteroatoms. The van der Waals surface area contributed by atoms with Crippen molar-refractivity contribution in [2.75, 3.05) is 19.7 Å². The van der Waals surface area contributed by atoms with Crippen molar-refractivity contribution < 1.29 is 14.3 Å². The number of aromatic nitrogens is 2. The van der Waals surface area contributed by atoms with Crippen LogP contribution in [0.2, 0.25) is 0 Å². The molecule has 4 rings (SSSR count). The van der Waals surface area contributed by atoms with Crippen LogP contribution in [0.5, 0.6) is 0 Å². The van der Waals surface area contributed by atoms with Crippen LogP contribution in [0.15, 0.2) is 42.5 Å². The summed E-state index contributed by atoms with van der Waals surface area (Å²) in [7, 11) is 0. The number of ether oxygens (including phenoxy) is 1. The molecular weight excluding hydrogens is 390 g/mol. The number of hydrogen-bond acceptors (Lipinski definition) is 4. The van der Waals surface area contributed by atoms with Crippen molar-refractivity contribution in [3.63, 3.8) is 0 Å². The molecule has 0 spiro atoms. The van der Waals surface area contributed by atoms with Crippen molar-refractivity contribution >= 4 is 22.9 Å². The number of esters is 1. The first kappa shape index (κ1) is 21.1. The maximum Gasteiger partial charge on any atom is 0.314 e. The van der Waals surface area contributed by atoms with Crippen LogP contribution >= 0.6 is 0 Å². The quantitative estimate of drug-likeness (QED) is 0.629. The fraction of sp³-hybridized carbons (Fsp3) is 0.400. The van der Waals surface area contributed by atoms with Crippen molar-refractivity contribution in [3.05, 3.63) is 65.0 Å². The summed E-state index contributed by atoms with van der Waals surface area (Å²) in [6, 6.07) is 13.6. The zero-order valence-corrected chi connectivity index (χ0v) is 18.4. The Kier molecular flexibility index (Phi) is 5.81. The fourth-order valence-electron chi connectivity index (χ4n) is 4.60. The van der Waals surface area contributed by atoms with Crippen LogP contribution in [0.3, 0.4) is 0 Å². The SMILES string of the molecule is CCOC(=O)C1(Cc2ccccc2C)CCCN(C(=O)c2ccc3nc(C)[nH]c3c2)C1. The van der Waals surface area contributed by atoms with Crippen LogP contribution in [0.4, 0.5) is 0 Å². The Morgan fingerprint density at radius 3 is 2.77 bits per heavy atom. The van der Waals surface area contributed by atoms with Crippen molar-refractivity contribution in [1.29, 1.82) is 0 Å². The van der Waals surface area contributed by atoms with Gasteiger partial charge in [0.15, 0.2) is 0 Å². The Labute approximate surface area is 182 Å². The summed E-state index contributed by atoms with van der Waals surface area (Å²) in [5.41, 5.74) is 3.83. The number of amides is 1. The van der Waals surface area contributed by atoms with Crippen LogP contribution in [0.25, 0.3) is 11.0 Å². The van der Waals surface area contributed by atoms with E-state index in [2.05, 4.69) is 29.0 Å². The van der Waals surface area contributed by atoms with Gasteiger partial charge in [-0.05, 0) is 69.4 Å². The molecule has 3 aromatic rings. The predicted octanol–water partition coefficient (Wildman–Crippen LogP) is 4.21. The lowest BCUT2D eigenvalue weighted by molar-refractivity contribution is -0.158. The number of carbonyl (C=O) groups excluding carboxylic acids is 2. The summed E-state index contributed by atoms with van der Waals surface area (Å²) in [6.45, 7) is 7.10. The molecule has 1 aromatic heterocycles. The molecule has 2 heterocycles. The minimum Gasteiger partial charge on any atom is -0.466 e. The van der Waals surface area contributed by atoms with Gasteiger partial charge in [0.2, 0.25) is 0 Å². The second-order valence-electron chi connectivity index (χ2n) is 8.49. The summed E-state index contributed by atoms with van der Waals surface area (Å²) in [6.07, 6.45) is 2.05. The average molecular weight is 420 g/mol. The number of benzene rings is 2. The number of aryl methyl sites for hydroxylation is 2. The standard InChI is InChI=1S/C25H29N3O3/c1-4-31-24(30)25(15-20-9-6-5-8-17(20)2)12-7-13-28(16-25)23(29)19-10-11-21-22(14-19)27-18(3)26-21/h5-6,8-11,14H,4,7,12-13,15-16H2,1-3H3,(H,26,27). The molecule has 162 valence electrons. The molecule has 1 saturated heterocycles. The third-order valence-electron chi connectivity index (χ3n) is 6.21. The van der Waals surface area contributed by atoms with Crippen LogP contribution in [-0.4, -0.2) is 46.4 Å². The Hall–Kier alpha value is -3.15. The zero-order valence-electron chi connectivity index (χ0n) is 18.4. The molecule has 0 saturated carbocycles. The Morgan fingerprint density at radius 2 is 2.00 bits per heavy atom. The van der Waals surface area contributed by atoms with Gasteiger partial charge in [-0.2, -0.15) is 0 Å². The van der Waals surface area contributed by atoms with Crippen LogP contribution in [-0.2, 0) is 16.0 Å². The molecule has 31 heavy (non-hydrogen) atoms. The first-order chi connectivity index (χ1) is 14.9. The average Bonchev–Trinajstić information content (AvgIpc) is 3.14. The molecule has 1 fully saturated rings. The van der Waals surface area contributed by atoms with Gasteiger partial charge in [-0.1, -0.05) is 24.3 Å². The van der Waals surface area contributed by atoms with E-state index >= 15 is 0 Å². The maximum absolute atomic E-state index is 13.4.